The molecule has 4 nitrogen and oxygen atoms in total. The predicted octanol–water partition coefficient (Wildman–Crippen LogP) is 5.45. The summed E-state index contributed by atoms with van der Waals surface area (Å²) in [5.74, 6) is 0.165. The molecular formula is C20H17FINO3S. The smallest absolute Gasteiger partial charge is 0.293 e. The second-order valence-electron chi connectivity index (χ2n) is 6.25. The second kappa shape index (κ2) is 8.43. The van der Waals surface area contributed by atoms with E-state index in [9.17, 15) is 14.0 Å². The van der Waals surface area contributed by atoms with Crippen molar-refractivity contribution in [2.75, 3.05) is 0 Å². The topological polar surface area (TPSA) is 46.6 Å². The molecule has 2 aromatic carbocycles. The molecule has 0 radical (unpaired) electrons. The molecule has 1 fully saturated rings. The Bertz CT molecular complexity index is 912. The average Bonchev–Trinajstić information content (AvgIpc) is 2.89. The molecule has 2 amide bonds. The Hall–Kier alpha value is -1.87. The first-order chi connectivity index (χ1) is 12.8. The molecule has 140 valence electrons. The fourth-order valence-electron chi connectivity index (χ4n) is 2.54. The molecule has 0 atom stereocenters. The molecule has 0 aliphatic carbocycles. The highest BCUT2D eigenvalue weighted by atomic mass is 127. The fraction of sp³-hybridized carbons (Fsp3) is 0.200. The fourth-order valence-corrected chi connectivity index (χ4v) is 4.20. The van der Waals surface area contributed by atoms with E-state index in [1.54, 1.807) is 18.2 Å². The summed E-state index contributed by atoms with van der Waals surface area (Å²) < 4.78 is 19.6. The van der Waals surface area contributed by atoms with E-state index in [-0.39, 0.29) is 23.0 Å². The lowest BCUT2D eigenvalue weighted by Crippen LogP contribution is -2.34. The third-order valence-electron chi connectivity index (χ3n) is 3.90. The number of rotatable bonds is 5. The van der Waals surface area contributed by atoms with E-state index in [0.717, 1.165) is 26.5 Å². The van der Waals surface area contributed by atoms with Crippen LogP contribution in [0.2, 0.25) is 0 Å². The van der Waals surface area contributed by atoms with Crippen LogP contribution in [-0.4, -0.2) is 22.1 Å². The van der Waals surface area contributed by atoms with Gasteiger partial charge in [0.05, 0.1) is 8.48 Å². The molecule has 2 aromatic rings. The summed E-state index contributed by atoms with van der Waals surface area (Å²) in [5, 5.41) is -0.241. The van der Waals surface area contributed by atoms with E-state index in [1.807, 2.05) is 32.0 Å². The molecule has 1 heterocycles. The maximum absolute atomic E-state index is 12.9. The van der Waals surface area contributed by atoms with E-state index < -0.39 is 0 Å². The number of thioether (sulfide) groups is 1. The highest BCUT2D eigenvalue weighted by Gasteiger charge is 2.36. The quantitative estimate of drug-likeness (QED) is 0.407. The Kier molecular flexibility index (Phi) is 6.21. The zero-order valence-corrected chi connectivity index (χ0v) is 17.7. The number of carbonyl (C=O) groups excluding carboxylic acids is 2. The largest absolute Gasteiger partial charge is 0.488 e. The minimum atomic E-state index is -0.278. The second-order valence-corrected chi connectivity index (χ2v) is 8.41. The van der Waals surface area contributed by atoms with Gasteiger partial charge in [0, 0.05) is 6.04 Å². The highest BCUT2D eigenvalue weighted by Crippen LogP contribution is 2.34. The van der Waals surface area contributed by atoms with Crippen molar-refractivity contribution in [3.8, 4) is 5.75 Å². The molecule has 0 N–H and O–H groups in total. The van der Waals surface area contributed by atoms with Crippen LogP contribution in [0.1, 0.15) is 25.0 Å². The van der Waals surface area contributed by atoms with Crippen LogP contribution < -0.4 is 4.74 Å². The number of ether oxygens (including phenoxy) is 1. The van der Waals surface area contributed by atoms with Crippen molar-refractivity contribution in [2.45, 2.75) is 26.5 Å². The van der Waals surface area contributed by atoms with Gasteiger partial charge >= 0.3 is 0 Å². The first kappa shape index (κ1) is 19.9. The summed E-state index contributed by atoms with van der Waals surface area (Å²) >= 11 is 3.12. The number of imide groups is 1. The summed E-state index contributed by atoms with van der Waals surface area (Å²) in [4.78, 5) is 26.0. The molecule has 1 aliphatic heterocycles. The van der Waals surface area contributed by atoms with Gasteiger partial charge in [0.25, 0.3) is 11.1 Å². The van der Waals surface area contributed by atoms with Gasteiger partial charge in [-0.2, -0.15) is 0 Å². The van der Waals surface area contributed by atoms with Gasteiger partial charge in [-0.3, -0.25) is 14.5 Å². The van der Waals surface area contributed by atoms with Gasteiger partial charge in [-0.15, -0.1) is 0 Å². The van der Waals surface area contributed by atoms with E-state index in [1.165, 1.54) is 17.0 Å². The van der Waals surface area contributed by atoms with Crippen LogP contribution in [0.4, 0.5) is 9.18 Å². The molecular weight excluding hydrogens is 480 g/mol. The number of nitrogens with zero attached hydrogens (tertiary/aromatic N) is 1. The number of benzene rings is 2. The Morgan fingerprint density at radius 3 is 2.48 bits per heavy atom. The summed E-state index contributed by atoms with van der Waals surface area (Å²) in [7, 11) is 0. The highest BCUT2D eigenvalue weighted by molar-refractivity contribution is 14.1. The lowest BCUT2D eigenvalue weighted by atomic mass is 10.2. The first-order valence-corrected chi connectivity index (χ1v) is 10.2. The minimum absolute atomic E-state index is 0.161. The van der Waals surface area contributed by atoms with Crippen LogP contribution in [0, 0.1) is 9.39 Å². The van der Waals surface area contributed by atoms with Gasteiger partial charge in [-0.25, -0.2) is 4.39 Å². The van der Waals surface area contributed by atoms with Crippen LogP contribution >= 0.6 is 34.4 Å². The first-order valence-electron chi connectivity index (χ1n) is 8.29. The number of carbonyl (C=O) groups is 2. The standard InChI is InChI=1S/C20H17FINO3S/c1-12(2)23-19(24)18(27-20(23)25)10-14-5-8-17(16(22)9-14)26-11-13-3-6-15(21)7-4-13/h3-10,12H,11H2,1-2H3/b18-10+. The third-order valence-corrected chi connectivity index (χ3v) is 5.63. The molecule has 0 unspecified atom stereocenters. The summed E-state index contributed by atoms with van der Waals surface area (Å²) in [6.45, 7) is 3.97. The molecule has 27 heavy (non-hydrogen) atoms. The van der Waals surface area contributed by atoms with Gasteiger partial charge in [-0.05, 0) is 89.7 Å². The zero-order valence-electron chi connectivity index (χ0n) is 14.7. The molecule has 3 rings (SSSR count). The van der Waals surface area contributed by atoms with Crippen LogP contribution in [0.15, 0.2) is 47.4 Å². The zero-order chi connectivity index (χ0) is 19.6. The lowest BCUT2D eigenvalue weighted by Gasteiger charge is -2.16. The number of hydrogen-bond donors (Lipinski definition) is 0. The summed E-state index contributed by atoms with van der Waals surface area (Å²) in [5.41, 5.74) is 1.70. The van der Waals surface area contributed by atoms with E-state index in [4.69, 9.17) is 4.74 Å². The number of halogens is 2. The maximum atomic E-state index is 12.9. The van der Waals surface area contributed by atoms with Gasteiger partial charge in [0.1, 0.15) is 18.2 Å². The van der Waals surface area contributed by atoms with Crippen LogP contribution in [0.5, 0.6) is 5.75 Å². The van der Waals surface area contributed by atoms with Crippen LogP contribution in [-0.2, 0) is 11.4 Å². The average molecular weight is 497 g/mol. The maximum Gasteiger partial charge on any atom is 0.293 e. The Morgan fingerprint density at radius 2 is 1.89 bits per heavy atom. The van der Waals surface area contributed by atoms with Gasteiger partial charge in [-0.1, -0.05) is 18.2 Å². The van der Waals surface area contributed by atoms with Crippen molar-refractivity contribution >= 4 is 51.6 Å². The molecule has 7 heteroatoms. The van der Waals surface area contributed by atoms with Crippen LogP contribution in [0.3, 0.4) is 0 Å². The van der Waals surface area contributed by atoms with Crippen molar-refractivity contribution in [1.82, 2.24) is 4.90 Å². The molecule has 0 aromatic heterocycles. The normalized spacial score (nSPS) is 15.9. The van der Waals surface area contributed by atoms with Gasteiger partial charge < -0.3 is 4.74 Å². The van der Waals surface area contributed by atoms with E-state index in [2.05, 4.69) is 22.6 Å². The number of amides is 2. The van der Waals surface area contributed by atoms with E-state index >= 15 is 0 Å². The summed E-state index contributed by atoms with van der Waals surface area (Å²) in [6, 6.07) is 11.6. The molecule has 1 saturated heterocycles. The Labute approximate surface area is 174 Å². The monoisotopic (exact) mass is 497 g/mol. The van der Waals surface area contributed by atoms with Crippen molar-refractivity contribution in [2.24, 2.45) is 0 Å². The van der Waals surface area contributed by atoms with Crippen LogP contribution in [0.25, 0.3) is 6.08 Å². The van der Waals surface area contributed by atoms with Crippen molar-refractivity contribution < 1.29 is 18.7 Å². The predicted molar refractivity (Wildman–Crippen MR) is 113 cm³/mol. The van der Waals surface area contributed by atoms with Gasteiger partial charge in [0.15, 0.2) is 0 Å². The summed E-state index contributed by atoms with van der Waals surface area (Å²) in [6.07, 6.45) is 1.72. The number of hydrogen-bond acceptors (Lipinski definition) is 4. The van der Waals surface area contributed by atoms with Crippen molar-refractivity contribution in [3.63, 3.8) is 0 Å². The molecule has 0 spiro atoms. The molecule has 0 saturated carbocycles. The minimum Gasteiger partial charge on any atom is -0.488 e. The Balaban J connectivity index is 1.72. The third kappa shape index (κ3) is 4.70. The lowest BCUT2D eigenvalue weighted by molar-refractivity contribution is -0.123. The Morgan fingerprint density at radius 1 is 1.19 bits per heavy atom. The van der Waals surface area contributed by atoms with Crippen molar-refractivity contribution in [1.29, 1.82) is 0 Å². The molecule has 0 bridgehead atoms. The van der Waals surface area contributed by atoms with Crippen molar-refractivity contribution in [3.05, 3.63) is 67.9 Å². The SMILES string of the molecule is CC(C)N1C(=O)S/C(=C/c2ccc(OCc3ccc(F)cc3)c(I)c2)C1=O. The molecule has 1 aliphatic rings. The van der Waals surface area contributed by atoms with Gasteiger partial charge in [0.2, 0.25) is 0 Å². The van der Waals surface area contributed by atoms with E-state index in [0.29, 0.717) is 17.3 Å².